The molecule has 0 saturated carbocycles. The molecule has 0 aliphatic heterocycles. The summed E-state index contributed by atoms with van der Waals surface area (Å²) in [5.41, 5.74) is 0.798. The normalized spacial score (nSPS) is 9.90. The average Bonchev–Trinajstić information content (AvgIpc) is 2.39. The van der Waals surface area contributed by atoms with Crippen LogP contribution in [0, 0.1) is 0 Å². The number of carbonyl (C=O) groups is 2. The van der Waals surface area contributed by atoms with Crippen molar-refractivity contribution in [2.45, 2.75) is 13.8 Å². The molecular weight excluding hydrogens is 260 g/mol. The highest BCUT2D eigenvalue weighted by Crippen LogP contribution is 1.91. The van der Waals surface area contributed by atoms with E-state index < -0.39 is 0 Å². The molecule has 0 aromatic rings. The lowest BCUT2D eigenvalue weighted by molar-refractivity contribution is -0.139. The summed E-state index contributed by atoms with van der Waals surface area (Å²) in [4.78, 5) is 22.1. The molecule has 2 N–H and O–H groups in total. The van der Waals surface area contributed by atoms with Crippen molar-refractivity contribution in [3.63, 3.8) is 0 Å². The van der Waals surface area contributed by atoms with Crippen LogP contribution < -0.4 is 10.6 Å². The minimum atomic E-state index is -0.371. The molecule has 0 radical (unpaired) electrons. The molecule has 0 aliphatic carbocycles. The predicted octanol–water partition coefficient (Wildman–Crippen LogP) is 0.404. The maximum absolute atomic E-state index is 11.0. The van der Waals surface area contributed by atoms with Crippen molar-refractivity contribution in [3.05, 3.63) is 24.3 Å². The molecular formula is C14H24N2O4. The van der Waals surface area contributed by atoms with Crippen LogP contribution in [-0.2, 0) is 19.1 Å². The van der Waals surface area contributed by atoms with Gasteiger partial charge in [-0.2, -0.15) is 0 Å². The van der Waals surface area contributed by atoms with Crippen molar-refractivity contribution < 1.29 is 19.1 Å². The molecule has 0 heterocycles. The Morgan fingerprint density at radius 3 is 1.45 bits per heavy atom. The highest BCUT2D eigenvalue weighted by atomic mass is 16.5. The zero-order valence-electron chi connectivity index (χ0n) is 12.3. The quantitative estimate of drug-likeness (QED) is 0.325. The molecule has 0 saturated heterocycles. The summed E-state index contributed by atoms with van der Waals surface area (Å²) in [7, 11) is 0. The van der Waals surface area contributed by atoms with E-state index in [0.29, 0.717) is 37.4 Å². The van der Waals surface area contributed by atoms with Crippen molar-refractivity contribution >= 4 is 11.9 Å². The first kappa shape index (κ1) is 18.3. The van der Waals surface area contributed by atoms with Crippen LogP contribution in [0.4, 0.5) is 0 Å². The Hall–Kier alpha value is -1.66. The molecule has 0 unspecified atom stereocenters. The first-order valence-electron chi connectivity index (χ1n) is 6.52. The molecule has 0 rings (SSSR count). The van der Waals surface area contributed by atoms with Gasteiger partial charge in [0.15, 0.2) is 0 Å². The number of hydrogen-bond acceptors (Lipinski definition) is 6. The SMILES string of the molecule is C=C(C)C(=O)OCCNCCNCCOC(=O)C(=C)C. The maximum atomic E-state index is 11.0. The molecule has 0 atom stereocenters. The van der Waals surface area contributed by atoms with Crippen LogP contribution >= 0.6 is 0 Å². The van der Waals surface area contributed by atoms with Gasteiger partial charge in [-0.15, -0.1) is 0 Å². The lowest BCUT2D eigenvalue weighted by Crippen LogP contribution is -2.32. The minimum Gasteiger partial charge on any atom is -0.461 e. The van der Waals surface area contributed by atoms with Crippen LogP contribution in [0.15, 0.2) is 24.3 Å². The second kappa shape index (κ2) is 11.2. The van der Waals surface area contributed by atoms with Crippen LogP contribution in [0.3, 0.4) is 0 Å². The Bertz CT molecular complexity index is 319. The molecule has 6 heteroatoms. The Morgan fingerprint density at radius 1 is 0.800 bits per heavy atom. The van der Waals surface area contributed by atoms with Gasteiger partial charge < -0.3 is 20.1 Å². The Morgan fingerprint density at radius 2 is 1.15 bits per heavy atom. The molecule has 0 fully saturated rings. The molecule has 0 aromatic carbocycles. The zero-order valence-corrected chi connectivity index (χ0v) is 12.3. The first-order valence-corrected chi connectivity index (χ1v) is 6.52. The van der Waals surface area contributed by atoms with Gasteiger partial charge in [0.2, 0.25) is 0 Å². The van der Waals surface area contributed by atoms with Gasteiger partial charge in [0, 0.05) is 37.3 Å². The second-order valence-corrected chi connectivity index (χ2v) is 4.33. The maximum Gasteiger partial charge on any atom is 0.333 e. The van der Waals surface area contributed by atoms with Crippen LogP contribution in [-0.4, -0.2) is 51.3 Å². The topological polar surface area (TPSA) is 76.7 Å². The number of esters is 2. The van der Waals surface area contributed by atoms with Crippen LogP contribution in [0.1, 0.15) is 13.8 Å². The second-order valence-electron chi connectivity index (χ2n) is 4.33. The third kappa shape index (κ3) is 10.3. The van der Waals surface area contributed by atoms with E-state index in [0.717, 1.165) is 13.1 Å². The van der Waals surface area contributed by atoms with E-state index in [9.17, 15) is 9.59 Å². The summed E-state index contributed by atoms with van der Waals surface area (Å²) < 4.78 is 9.82. The van der Waals surface area contributed by atoms with E-state index in [1.807, 2.05) is 0 Å². The largest absolute Gasteiger partial charge is 0.461 e. The number of ether oxygens (including phenoxy) is 2. The van der Waals surface area contributed by atoms with E-state index >= 15 is 0 Å². The summed E-state index contributed by atoms with van der Waals surface area (Å²) >= 11 is 0. The lowest BCUT2D eigenvalue weighted by atomic mass is 10.4. The molecule has 0 aromatic heterocycles. The van der Waals surface area contributed by atoms with Gasteiger partial charge in [0.1, 0.15) is 13.2 Å². The van der Waals surface area contributed by atoms with Gasteiger partial charge in [-0.1, -0.05) is 13.2 Å². The fourth-order valence-corrected chi connectivity index (χ4v) is 1.10. The number of hydrogen-bond donors (Lipinski definition) is 2. The molecule has 0 amide bonds. The number of nitrogens with one attached hydrogen (secondary N) is 2. The van der Waals surface area contributed by atoms with Crippen molar-refractivity contribution in [2.24, 2.45) is 0 Å². The van der Waals surface area contributed by atoms with E-state index in [4.69, 9.17) is 9.47 Å². The highest BCUT2D eigenvalue weighted by Gasteiger charge is 2.02. The van der Waals surface area contributed by atoms with Gasteiger partial charge in [-0.25, -0.2) is 9.59 Å². The summed E-state index contributed by atoms with van der Waals surface area (Å²) in [6.45, 7) is 13.5. The van der Waals surface area contributed by atoms with Gasteiger partial charge in [-0.05, 0) is 13.8 Å². The Labute approximate surface area is 120 Å². The molecule has 0 spiro atoms. The number of rotatable bonds is 11. The Kier molecular flexibility index (Phi) is 10.3. The smallest absolute Gasteiger partial charge is 0.333 e. The van der Waals surface area contributed by atoms with Gasteiger partial charge >= 0.3 is 11.9 Å². The predicted molar refractivity (Wildman–Crippen MR) is 77.3 cm³/mol. The van der Waals surface area contributed by atoms with E-state index in [2.05, 4.69) is 23.8 Å². The summed E-state index contributed by atoms with van der Waals surface area (Å²) in [6.07, 6.45) is 0. The molecule has 6 nitrogen and oxygen atoms in total. The lowest BCUT2D eigenvalue weighted by Gasteiger charge is -2.08. The fraction of sp³-hybridized carbons (Fsp3) is 0.571. The number of carbonyl (C=O) groups excluding carboxylic acids is 2. The van der Waals surface area contributed by atoms with Crippen molar-refractivity contribution in [3.8, 4) is 0 Å². The van der Waals surface area contributed by atoms with Gasteiger partial charge in [0.25, 0.3) is 0 Å². The van der Waals surface area contributed by atoms with E-state index in [1.54, 1.807) is 13.8 Å². The highest BCUT2D eigenvalue weighted by molar-refractivity contribution is 5.87. The van der Waals surface area contributed by atoms with Crippen LogP contribution in [0.25, 0.3) is 0 Å². The first-order chi connectivity index (χ1) is 9.45. The third-order valence-electron chi connectivity index (χ3n) is 2.20. The molecule has 114 valence electrons. The molecule has 20 heavy (non-hydrogen) atoms. The zero-order chi connectivity index (χ0) is 15.4. The molecule has 0 bridgehead atoms. The minimum absolute atomic E-state index is 0.321. The van der Waals surface area contributed by atoms with Crippen LogP contribution in [0.5, 0.6) is 0 Å². The van der Waals surface area contributed by atoms with Crippen molar-refractivity contribution in [1.82, 2.24) is 10.6 Å². The Balaban J connectivity index is 3.25. The van der Waals surface area contributed by atoms with Gasteiger partial charge in [0.05, 0.1) is 0 Å². The van der Waals surface area contributed by atoms with Gasteiger partial charge in [-0.3, -0.25) is 0 Å². The van der Waals surface area contributed by atoms with E-state index in [1.165, 1.54) is 0 Å². The summed E-state index contributed by atoms with van der Waals surface area (Å²) in [5, 5.41) is 6.21. The summed E-state index contributed by atoms with van der Waals surface area (Å²) in [6, 6.07) is 0. The monoisotopic (exact) mass is 284 g/mol. The fourth-order valence-electron chi connectivity index (χ4n) is 1.10. The van der Waals surface area contributed by atoms with Crippen molar-refractivity contribution in [2.75, 3.05) is 39.4 Å². The van der Waals surface area contributed by atoms with E-state index in [-0.39, 0.29) is 11.9 Å². The average molecular weight is 284 g/mol. The van der Waals surface area contributed by atoms with Crippen LogP contribution in [0.2, 0.25) is 0 Å². The third-order valence-corrected chi connectivity index (χ3v) is 2.20. The molecule has 0 aliphatic rings. The summed E-state index contributed by atoms with van der Waals surface area (Å²) in [5.74, 6) is -0.742. The van der Waals surface area contributed by atoms with Crippen molar-refractivity contribution in [1.29, 1.82) is 0 Å². The standard InChI is InChI=1S/C14H24N2O4/c1-11(2)13(17)19-9-7-15-5-6-16-8-10-20-14(18)12(3)4/h15-16H,1,3,5-10H2,2,4H3.